The molecule has 0 saturated carbocycles. The van der Waals surface area contributed by atoms with Gasteiger partial charge in [-0.2, -0.15) is 5.10 Å². The standard InChI is InChI=1S/C19H24N2O3S2/c1-18(2)23-15-9-10-19(22,13-16(15)24-18)11-12-20-21(17(25)26-3)14-7-5-4-6-8-14/h4-10,12,15-16,22H,11,13H2,1-3H3/b20-12+/t15-,16+,19+/m0/s1. The summed E-state index contributed by atoms with van der Waals surface area (Å²) in [5, 5.41) is 17.1. The van der Waals surface area contributed by atoms with Gasteiger partial charge in [-0.15, -0.1) is 0 Å². The molecule has 1 aliphatic heterocycles. The summed E-state index contributed by atoms with van der Waals surface area (Å²) in [6.45, 7) is 3.78. The highest BCUT2D eigenvalue weighted by Gasteiger charge is 2.46. The first kappa shape index (κ1) is 19.5. The molecule has 140 valence electrons. The Kier molecular flexibility index (Phi) is 5.84. The minimum Gasteiger partial charge on any atom is -0.385 e. The van der Waals surface area contributed by atoms with Crippen molar-refractivity contribution in [1.82, 2.24) is 0 Å². The van der Waals surface area contributed by atoms with E-state index in [1.54, 1.807) is 17.3 Å². The molecule has 7 heteroatoms. The molecule has 1 N–H and O–H groups in total. The molecular formula is C19H24N2O3S2. The quantitative estimate of drug-likeness (QED) is 0.365. The summed E-state index contributed by atoms with van der Waals surface area (Å²) in [4.78, 5) is 0. The van der Waals surface area contributed by atoms with E-state index in [9.17, 15) is 5.11 Å². The molecule has 3 atom stereocenters. The van der Waals surface area contributed by atoms with Crippen molar-refractivity contribution in [3.05, 3.63) is 42.5 Å². The normalized spacial score (nSPS) is 29.7. The van der Waals surface area contributed by atoms with Gasteiger partial charge < -0.3 is 14.6 Å². The molecule has 0 amide bonds. The van der Waals surface area contributed by atoms with Crippen LogP contribution in [0.4, 0.5) is 5.69 Å². The Balaban J connectivity index is 1.69. The second-order valence-electron chi connectivity index (χ2n) is 6.92. The number of nitrogens with zero attached hydrogens (tertiary/aromatic N) is 2. The van der Waals surface area contributed by atoms with Gasteiger partial charge in [0.15, 0.2) is 10.1 Å². The maximum Gasteiger partial charge on any atom is 0.164 e. The molecule has 1 aromatic carbocycles. The second-order valence-corrected chi connectivity index (χ2v) is 8.37. The number of fused-ring (bicyclic) bond motifs is 1. The number of hydrazone groups is 1. The zero-order valence-electron chi connectivity index (χ0n) is 15.2. The Hall–Kier alpha value is -1.25. The molecule has 1 aliphatic carbocycles. The van der Waals surface area contributed by atoms with E-state index in [0.717, 1.165) is 5.69 Å². The van der Waals surface area contributed by atoms with Crippen molar-refractivity contribution in [2.24, 2.45) is 5.10 Å². The zero-order valence-corrected chi connectivity index (χ0v) is 16.8. The summed E-state index contributed by atoms with van der Waals surface area (Å²) in [7, 11) is 0. The highest BCUT2D eigenvalue weighted by atomic mass is 32.2. The third-order valence-corrected chi connectivity index (χ3v) is 5.56. The fraction of sp³-hybridized carbons (Fsp3) is 0.474. The Morgan fingerprint density at radius 1 is 1.38 bits per heavy atom. The molecule has 0 spiro atoms. The van der Waals surface area contributed by atoms with E-state index in [1.807, 2.05) is 56.5 Å². The van der Waals surface area contributed by atoms with Gasteiger partial charge in [0, 0.05) is 19.1 Å². The fourth-order valence-corrected chi connectivity index (χ4v) is 3.66. The Labute approximate surface area is 164 Å². The molecule has 1 aromatic rings. The number of benzene rings is 1. The molecular weight excluding hydrogens is 368 g/mol. The van der Waals surface area contributed by atoms with Crippen molar-refractivity contribution >= 4 is 40.2 Å². The average Bonchev–Trinajstić information content (AvgIpc) is 2.91. The van der Waals surface area contributed by atoms with Crippen molar-refractivity contribution in [2.75, 3.05) is 11.3 Å². The fourth-order valence-electron chi connectivity index (χ4n) is 3.18. The Morgan fingerprint density at radius 2 is 2.12 bits per heavy atom. The zero-order chi connectivity index (χ0) is 18.8. The number of para-hydroxylation sites is 1. The van der Waals surface area contributed by atoms with Crippen LogP contribution >= 0.6 is 24.0 Å². The number of thioether (sulfide) groups is 1. The molecule has 0 unspecified atom stereocenters. The predicted octanol–water partition coefficient (Wildman–Crippen LogP) is 3.73. The van der Waals surface area contributed by atoms with Crippen LogP contribution in [-0.4, -0.2) is 45.5 Å². The average molecular weight is 393 g/mol. The van der Waals surface area contributed by atoms with E-state index in [2.05, 4.69) is 5.10 Å². The molecule has 0 aromatic heterocycles. The summed E-state index contributed by atoms with van der Waals surface area (Å²) in [6.07, 6.45) is 7.91. The van der Waals surface area contributed by atoms with Crippen LogP contribution in [0.25, 0.3) is 0 Å². The predicted molar refractivity (Wildman–Crippen MR) is 111 cm³/mol. The monoisotopic (exact) mass is 392 g/mol. The van der Waals surface area contributed by atoms with Crippen LogP contribution in [0.3, 0.4) is 0 Å². The highest BCUT2D eigenvalue weighted by molar-refractivity contribution is 8.22. The molecule has 1 fully saturated rings. The molecule has 3 rings (SSSR count). The molecule has 26 heavy (non-hydrogen) atoms. The summed E-state index contributed by atoms with van der Waals surface area (Å²) in [5.74, 6) is -0.617. The first-order valence-electron chi connectivity index (χ1n) is 8.55. The molecule has 0 radical (unpaired) electrons. The van der Waals surface area contributed by atoms with E-state index in [4.69, 9.17) is 21.7 Å². The number of hydrogen-bond acceptors (Lipinski definition) is 6. The number of hydrogen-bond donors (Lipinski definition) is 1. The summed E-state index contributed by atoms with van der Waals surface area (Å²) in [6, 6.07) is 9.73. The van der Waals surface area contributed by atoms with Crippen molar-refractivity contribution in [1.29, 1.82) is 0 Å². The van der Waals surface area contributed by atoms with Crippen molar-refractivity contribution in [2.45, 2.75) is 50.3 Å². The highest BCUT2D eigenvalue weighted by Crippen LogP contribution is 2.37. The van der Waals surface area contributed by atoms with Crippen LogP contribution < -0.4 is 5.01 Å². The van der Waals surface area contributed by atoms with Gasteiger partial charge in [-0.05, 0) is 32.2 Å². The summed E-state index contributed by atoms with van der Waals surface area (Å²) in [5.41, 5.74) is -0.110. The smallest absolute Gasteiger partial charge is 0.164 e. The lowest BCUT2D eigenvalue weighted by Gasteiger charge is -2.31. The minimum absolute atomic E-state index is 0.105. The van der Waals surface area contributed by atoms with Gasteiger partial charge in [0.05, 0.1) is 17.4 Å². The van der Waals surface area contributed by atoms with E-state index >= 15 is 0 Å². The van der Waals surface area contributed by atoms with Crippen LogP contribution in [-0.2, 0) is 9.47 Å². The minimum atomic E-state index is -1.00. The van der Waals surface area contributed by atoms with Gasteiger partial charge in [0.1, 0.15) is 6.10 Å². The van der Waals surface area contributed by atoms with Crippen molar-refractivity contribution in [3.8, 4) is 0 Å². The number of rotatable bonds is 4. The molecule has 1 heterocycles. The van der Waals surface area contributed by atoms with E-state index in [1.165, 1.54) is 11.8 Å². The first-order valence-corrected chi connectivity index (χ1v) is 10.2. The second kappa shape index (κ2) is 7.78. The largest absolute Gasteiger partial charge is 0.385 e. The van der Waals surface area contributed by atoms with E-state index in [0.29, 0.717) is 17.2 Å². The van der Waals surface area contributed by atoms with Crippen LogP contribution in [0.5, 0.6) is 0 Å². The number of ether oxygens (including phenoxy) is 2. The van der Waals surface area contributed by atoms with Gasteiger partial charge in [-0.1, -0.05) is 54.3 Å². The summed E-state index contributed by atoms with van der Waals surface area (Å²) >= 11 is 6.86. The topological polar surface area (TPSA) is 54.3 Å². The van der Waals surface area contributed by atoms with Gasteiger partial charge >= 0.3 is 0 Å². The third kappa shape index (κ3) is 4.53. The van der Waals surface area contributed by atoms with Gasteiger partial charge in [0.25, 0.3) is 0 Å². The van der Waals surface area contributed by atoms with Crippen molar-refractivity contribution < 1.29 is 14.6 Å². The van der Waals surface area contributed by atoms with Crippen LogP contribution in [0.1, 0.15) is 26.7 Å². The molecule has 0 bridgehead atoms. The SMILES string of the molecule is CSC(=S)N(/N=C/C[C@]1(O)C=C[C@@H]2OC(C)(C)O[C@@H]2C1)c1ccccc1. The maximum atomic E-state index is 10.9. The van der Waals surface area contributed by atoms with E-state index in [-0.39, 0.29) is 12.2 Å². The first-order chi connectivity index (χ1) is 12.3. The van der Waals surface area contributed by atoms with Gasteiger partial charge in [-0.3, -0.25) is 0 Å². The van der Waals surface area contributed by atoms with Crippen LogP contribution in [0.2, 0.25) is 0 Å². The van der Waals surface area contributed by atoms with Gasteiger partial charge in [0.2, 0.25) is 0 Å². The number of aliphatic hydroxyl groups is 1. The lowest BCUT2D eigenvalue weighted by atomic mass is 9.85. The third-order valence-electron chi connectivity index (χ3n) is 4.36. The Bertz CT molecular complexity index is 708. The molecule has 1 saturated heterocycles. The van der Waals surface area contributed by atoms with E-state index < -0.39 is 11.4 Å². The van der Waals surface area contributed by atoms with Crippen LogP contribution in [0.15, 0.2) is 47.6 Å². The lowest BCUT2D eigenvalue weighted by molar-refractivity contribution is -0.145. The van der Waals surface area contributed by atoms with Crippen LogP contribution in [0, 0.1) is 0 Å². The van der Waals surface area contributed by atoms with Gasteiger partial charge in [-0.25, -0.2) is 5.01 Å². The lowest BCUT2D eigenvalue weighted by Crippen LogP contribution is -2.39. The van der Waals surface area contributed by atoms with Crippen molar-refractivity contribution in [3.63, 3.8) is 0 Å². The molecule has 5 nitrogen and oxygen atoms in total. The molecule has 2 aliphatic rings. The Morgan fingerprint density at radius 3 is 2.81 bits per heavy atom. The summed E-state index contributed by atoms with van der Waals surface area (Å²) < 4.78 is 12.3. The maximum absolute atomic E-state index is 10.9. The number of anilines is 1. The number of thiocarbonyl (C=S) groups is 1.